The molecule has 2 heterocycles. The first-order chi connectivity index (χ1) is 23.4. The van der Waals surface area contributed by atoms with Gasteiger partial charge < -0.3 is 20.4 Å². The monoisotopic (exact) mass is 670 g/mol. The number of carbonyl (C=O) groups is 3. The molecule has 1 unspecified atom stereocenters. The van der Waals surface area contributed by atoms with Crippen LogP contribution in [0.5, 0.6) is 0 Å². The molecule has 4 aromatic carbocycles. The highest BCUT2D eigenvalue weighted by atomic mass is 32.2. The van der Waals surface area contributed by atoms with E-state index in [0.717, 1.165) is 21.7 Å². The smallest absolute Gasteiger partial charge is 0.272 e. The SMILES string of the molecule is Cc1ccc(-c2csc(NC(=O)C(Sc3ccc(NC(=O)/C(=C/c4ccco4)NC(=O)c4ccccc4)cc3)c3ccccc3)n2)cc1. The molecule has 0 bridgehead atoms. The van der Waals surface area contributed by atoms with E-state index in [4.69, 9.17) is 4.42 Å². The molecule has 10 heteroatoms. The van der Waals surface area contributed by atoms with Crippen molar-refractivity contribution in [2.45, 2.75) is 17.1 Å². The van der Waals surface area contributed by atoms with Gasteiger partial charge in [-0.05, 0) is 61.0 Å². The van der Waals surface area contributed by atoms with Crippen molar-refractivity contribution in [3.05, 3.63) is 161 Å². The Kier molecular flexibility index (Phi) is 10.2. The highest BCUT2D eigenvalue weighted by molar-refractivity contribution is 8.00. The highest BCUT2D eigenvalue weighted by Gasteiger charge is 2.23. The second-order valence-corrected chi connectivity index (χ2v) is 12.7. The van der Waals surface area contributed by atoms with Crippen LogP contribution in [0.4, 0.5) is 10.8 Å². The lowest BCUT2D eigenvalue weighted by molar-refractivity contribution is -0.116. The van der Waals surface area contributed by atoms with Crippen LogP contribution < -0.4 is 16.0 Å². The molecular formula is C38H30N4O4S2. The van der Waals surface area contributed by atoms with Crippen LogP contribution in [0.2, 0.25) is 0 Å². The van der Waals surface area contributed by atoms with Crippen molar-refractivity contribution in [2.75, 3.05) is 10.6 Å². The molecule has 0 radical (unpaired) electrons. The predicted molar refractivity (Wildman–Crippen MR) is 192 cm³/mol. The molecular weight excluding hydrogens is 641 g/mol. The molecule has 0 aliphatic carbocycles. The van der Waals surface area contributed by atoms with E-state index < -0.39 is 17.1 Å². The fourth-order valence-corrected chi connectivity index (χ4v) is 6.42. The quantitative estimate of drug-likeness (QED) is 0.0940. The minimum absolute atomic E-state index is 0.0192. The lowest BCUT2D eigenvalue weighted by Gasteiger charge is -2.16. The maximum absolute atomic E-state index is 13.6. The van der Waals surface area contributed by atoms with Crippen molar-refractivity contribution in [3.63, 3.8) is 0 Å². The first-order valence-electron chi connectivity index (χ1n) is 15.0. The molecule has 2 aromatic heterocycles. The molecule has 6 aromatic rings. The van der Waals surface area contributed by atoms with E-state index in [0.29, 0.717) is 22.1 Å². The van der Waals surface area contributed by atoms with Gasteiger partial charge in [0.25, 0.3) is 11.8 Å². The summed E-state index contributed by atoms with van der Waals surface area (Å²) in [7, 11) is 0. The second kappa shape index (κ2) is 15.3. The minimum atomic E-state index is -0.561. The molecule has 6 rings (SSSR count). The Balaban J connectivity index is 1.15. The average molecular weight is 671 g/mol. The molecule has 238 valence electrons. The van der Waals surface area contributed by atoms with Gasteiger partial charge in [0.15, 0.2) is 5.13 Å². The van der Waals surface area contributed by atoms with E-state index in [-0.39, 0.29) is 11.6 Å². The number of carbonyl (C=O) groups excluding carboxylic acids is 3. The Hall–Kier alpha value is -5.71. The summed E-state index contributed by atoms with van der Waals surface area (Å²) in [5.41, 5.74) is 4.74. The van der Waals surface area contributed by atoms with E-state index in [1.54, 1.807) is 48.5 Å². The topological polar surface area (TPSA) is 113 Å². The van der Waals surface area contributed by atoms with Gasteiger partial charge in [-0.15, -0.1) is 23.1 Å². The molecule has 8 nitrogen and oxygen atoms in total. The van der Waals surface area contributed by atoms with Crippen molar-refractivity contribution >= 4 is 57.7 Å². The lowest BCUT2D eigenvalue weighted by atomic mass is 10.1. The van der Waals surface area contributed by atoms with Gasteiger partial charge >= 0.3 is 0 Å². The van der Waals surface area contributed by atoms with Gasteiger partial charge in [0.05, 0.1) is 12.0 Å². The molecule has 0 saturated carbocycles. The van der Waals surface area contributed by atoms with Crippen LogP contribution in [0.1, 0.15) is 32.5 Å². The van der Waals surface area contributed by atoms with E-state index in [1.165, 1.54) is 41.0 Å². The summed E-state index contributed by atoms with van der Waals surface area (Å²) >= 11 is 2.77. The van der Waals surface area contributed by atoms with Crippen LogP contribution in [0.3, 0.4) is 0 Å². The molecule has 0 spiro atoms. The number of benzene rings is 4. The van der Waals surface area contributed by atoms with Crippen LogP contribution in [0.25, 0.3) is 17.3 Å². The summed E-state index contributed by atoms with van der Waals surface area (Å²) in [5, 5.41) is 10.4. The molecule has 3 N–H and O–H groups in total. The maximum Gasteiger partial charge on any atom is 0.272 e. The summed E-state index contributed by atoms with van der Waals surface area (Å²) in [4.78, 5) is 45.3. The first kappa shape index (κ1) is 32.2. The van der Waals surface area contributed by atoms with Gasteiger partial charge in [-0.3, -0.25) is 14.4 Å². The van der Waals surface area contributed by atoms with Crippen molar-refractivity contribution in [1.29, 1.82) is 0 Å². The molecule has 0 fully saturated rings. The van der Waals surface area contributed by atoms with Crippen molar-refractivity contribution < 1.29 is 18.8 Å². The second-order valence-electron chi connectivity index (χ2n) is 10.7. The zero-order valence-corrected chi connectivity index (χ0v) is 27.4. The fraction of sp³-hybridized carbons (Fsp3) is 0.0526. The highest BCUT2D eigenvalue weighted by Crippen LogP contribution is 2.37. The molecule has 1 atom stereocenters. The Morgan fingerprint density at radius 1 is 0.812 bits per heavy atom. The van der Waals surface area contributed by atoms with Gasteiger partial charge in [-0.2, -0.15) is 0 Å². The Morgan fingerprint density at radius 2 is 1.52 bits per heavy atom. The summed E-state index contributed by atoms with van der Waals surface area (Å²) in [5.74, 6) is -0.736. The minimum Gasteiger partial charge on any atom is -0.465 e. The zero-order valence-electron chi connectivity index (χ0n) is 25.8. The first-order valence-corrected chi connectivity index (χ1v) is 16.8. The summed E-state index contributed by atoms with van der Waals surface area (Å²) in [6.45, 7) is 2.04. The summed E-state index contributed by atoms with van der Waals surface area (Å²) in [6, 6.07) is 36.8. The molecule has 0 saturated heterocycles. The Bertz CT molecular complexity index is 2020. The van der Waals surface area contributed by atoms with E-state index in [9.17, 15) is 14.4 Å². The predicted octanol–water partition coefficient (Wildman–Crippen LogP) is 8.59. The number of anilines is 2. The van der Waals surface area contributed by atoms with Crippen LogP contribution >= 0.6 is 23.1 Å². The van der Waals surface area contributed by atoms with E-state index in [2.05, 4.69) is 20.9 Å². The summed E-state index contributed by atoms with van der Waals surface area (Å²) < 4.78 is 5.38. The molecule has 3 amide bonds. The summed E-state index contributed by atoms with van der Waals surface area (Å²) in [6.07, 6.45) is 2.95. The molecule has 48 heavy (non-hydrogen) atoms. The van der Waals surface area contributed by atoms with Gasteiger partial charge in [-0.1, -0.05) is 78.4 Å². The number of amides is 3. The Labute approximate surface area is 285 Å². The largest absolute Gasteiger partial charge is 0.465 e. The number of hydrogen-bond donors (Lipinski definition) is 3. The maximum atomic E-state index is 13.6. The van der Waals surface area contributed by atoms with Gasteiger partial charge in [0.2, 0.25) is 5.91 Å². The number of aromatic nitrogens is 1. The third-order valence-corrected chi connectivity index (χ3v) is 9.17. The van der Waals surface area contributed by atoms with Gasteiger partial charge in [-0.25, -0.2) is 4.98 Å². The van der Waals surface area contributed by atoms with Crippen molar-refractivity contribution in [1.82, 2.24) is 10.3 Å². The third-order valence-electron chi connectivity index (χ3n) is 7.15. The number of thioether (sulfide) groups is 1. The van der Waals surface area contributed by atoms with Crippen LogP contribution in [0, 0.1) is 6.92 Å². The Morgan fingerprint density at radius 3 is 2.21 bits per heavy atom. The normalized spacial score (nSPS) is 11.8. The lowest BCUT2D eigenvalue weighted by Crippen LogP contribution is -2.30. The van der Waals surface area contributed by atoms with Crippen molar-refractivity contribution in [3.8, 4) is 11.3 Å². The number of nitrogens with one attached hydrogen (secondary N) is 3. The number of rotatable bonds is 11. The number of aryl methyl sites for hydroxylation is 1. The number of hydrogen-bond acceptors (Lipinski definition) is 7. The van der Waals surface area contributed by atoms with Crippen LogP contribution in [-0.2, 0) is 9.59 Å². The average Bonchev–Trinajstić information content (AvgIpc) is 3.81. The third kappa shape index (κ3) is 8.35. The van der Waals surface area contributed by atoms with Gasteiger partial charge in [0, 0.05) is 33.2 Å². The van der Waals surface area contributed by atoms with E-state index >= 15 is 0 Å². The van der Waals surface area contributed by atoms with Crippen LogP contribution in [-0.4, -0.2) is 22.7 Å². The molecule has 0 aliphatic rings. The van der Waals surface area contributed by atoms with E-state index in [1.807, 2.05) is 85.1 Å². The number of nitrogens with zero attached hydrogens (tertiary/aromatic N) is 1. The standard InChI is InChI=1S/C38H30N4O4S2/c1-25-14-16-26(17-15-25)33-24-47-38(41-33)42-37(45)34(27-9-4-2-5-10-27)48-31-20-18-29(19-21-31)39-36(44)32(23-30-13-8-22-46-30)40-35(43)28-11-6-3-7-12-28/h2-24,34H,1H3,(H,39,44)(H,40,43)(H,41,42,45)/b32-23-. The zero-order chi connectivity index (χ0) is 33.3. The molecule has 0 aliphatic heterocycles. The number of thiazole rings is 1. The van der Waals surface area contributed by atoms with Gasteiger partial charge in [0.1, 0.15) is 16.7 Å². The van der Waals surface area contributed by atoms with Crippen molar-refractivity contribution in [2.24, 2.45) is 0 Å². The van der Waals surface area contributed by atoms with Crippen LogP contribution in [0.15, 0.2) is 148 Å². The number of furan rings is 1. The fourth-order valence-electron chi connectivity index (χ4n) is 4.67.